The van der Waals surface area contributed by atoms with Gasteiger partial charge >= 0.3 is 0 Å². The van der Waals surface area contributed by atoms with Crippen molar-refractivity contribution in [3.8, 4) is 0 Å². The molecule has 1 atom stereocenters. The van der Waals surface area contributed by atoms with Gasteiger partial charge in [0.25, 0.3) is 5.69 Å². The minimum absolute atomic E-state index is 0.0214. The van der Waals surface area contributed by atoms with Crippen LogP contribution in [-0.2, 0) is 21.9 Å². The molecule has 1 saturated carbocycles. The number of carbonyl (C=O) groups excluding carboxylic acids is 2. The summed E-state index contributed by atoms with van der Waals surface area (Å²) in [6.45, 7) is 1.93. The fourth-order valence-corrected chi connectivity index (χ4v) is 4.86. The van der Waals surface area contributed by atoms with Gasteiger partial charge in [-0.05, 0) is 43.0 Å². The van der Waals surface area contributed by atoms with Crippen LogP contribution >= 0.6 is 11.8 Å². The Bertz CT molecular complexity index is 979. The second kappa shape index (κ2) is 12.5. The fourth-order valence-electron chi connectivity index (χ4n) is 3.99. The van der Waals surface area contributed by atoms with Gasteiger partial charge in [0, 0.05) is 30.5 Å². The molecule has 0 saturated heterocycles. The van der Waals surface area contributed by atoms with Gasteiger partial charge in [0.1, 0.15) is 11.9 Å². The van der Waals surface area contributed by atoms with E-state index in [4.69, 9.17) is 0 Å². The molecule has 1 fully saturated rings. The molecule has 3 rings (SSSR count). The zero-order valence-electron chi connectivity index (χ0n) is 19.2. The number of hydrogen-bond donors (Lipinski definition) is 1. The van der Waals surface area contributed by atoms with Crippen LogP contribution in [0.3, 0.4) is 0 Å². The smallest absolute Gasteiger partial charge is 0.269 e. The molecule has 0 aliphatic heterocycles. The number of benzene rings is 2. The van der Waals surface area contributed by atoms with Crippen molar-refractivity contribution < 1.29 is 18.9 Å². The number of nitro groups is 1. The van der Waals surface area contributed by atoms with E-state index in [1.54, 1.807) is 31.2 Å². The van der Waals surface area contributed by atoms with Gasteiger partial charge in [0.05, 0.1) is 10.7 Å². The predicted molar refractivity (Wildman–Crippen MR) is 131 cm³/mol. The highest BCUT2D eigenvalue weighted by Gasteiger charge is 2.28. The Kier molecular flexibility index (Phi) is 9.44. The molecule has 0 unspecified atom stereocenters. The van der Waals surface area contributed by atoms with E-state index in [1.165, 1.54) is 47.3 Å². The number of non-ortho nitro benzene ring substituents is 1. The van der Waals surface area contributed by atoms with E-state index in [-0.39, 0.29) is 41.7 Å². The highest BCUT2D eigenvalue weighted by molar-refractivity contribution is 7.99. The van der Waals surface area contributed by atoms with Crippen LogP contribution in [-0.4, -0.2) is 39.5 Å². The molecule has 182 valence electrons. The van der Waals surface area contributed by atoms with Crippen LogP contribution < -0.4 is 5.32 Å². The summed E-state index contributed by atoms with van der Waals surface area (Å²) in [5, 5.41) is 13.9. The van der Waals surface area contributed by atoms with E-state index in [0.29, 0.717) is 5.75 Å². The van der Waals surface area contributed by atoms with Crippen molar-refractivity contribution in [2.24, 2.45) is 0 Å². The van der Waals surface area contributed by atoms with E-state index < -0.39 is 11.0 Å². The Morgan fingerprint density at radius 2 is 1.71 bits per heavy atom. The van der Waals surface area contributed by atoms with E-state index in [1.807, 2.05) is 0 Å². The van der Waals surface area contributed by atoms with Gasteiger partial charge in [0.2, 0.25) is 11.8 Å². The first kappa shape index (κ1) is 25.7. The molecule has 1 N–H and O–H groups in total. The van der Waals surface area contributed by atoms with Crippen LogP contribution in [0.4, 0.5) is 10.1 Å². The summed E-state index contributed by atoms with van der Waals surface area (Å²) in [6, 6.07) is 11.6. The van der Waals surface area contributed by atoms with Gasteiger partial charge in [-0.1, -0.05) is 43.5 Å². The molecule has 9 heteroatoms. The molecule has 7 nitrogen and oxygen atoms in total. The molecule has 0 aromatic heterocycles. The molecule has 0 heterocycles. The lowest BCUT2D eigenvalue weighted by Crippen LogP contribution is -2.50. The highest BCUT2D eigenvalue weighted by atomic mass is 32.2. The first-order valence-corrected chi connectivity index (χ1v) is 12.6. The summed E-state index contributed by atoms with van der Waals surface area (Å²) in [6.07, 6.45) is 5.28. The molecule has 0 spiro atoms. The van der Waals surface area contributed by atoms with Crippen LogP contribution in [0.15, 0.2) is 48.5 Å². The van der Waals surface area contributed by atoms with E-state index in [9.17, 15) is 24.1 Å². The van der Waals surface area contributed by atoms with Crippen LogP contribution in [0.2, 0.25) is 0 Å². The zero-order valence-corrected chi connectivity index (χ0v) is 20.1. The Morgan fingerprint density at radius 1 is 1.09 bits per heavy atom. The molecule has 2 aromatic carbocycles. The second-order valence-corrected chi connectivity index (χ2v) is 9.57. The van der Waals surface area contributed by atoms with Crippen molar-refractivity contribution in [2.75, 3.05) is 5.75 Å². The van der Waals surface area contributed by atoms with Crippen molar-refractivity contribution >= 4 is 29.3 Å². The van der Waals surface area contributed by atoms with Gasteiger partial charge in [-0.15, -0.1) is 11.8 Å². The van der Waals surface area contributed by atoms with Crippen LogP contribution in [0.25, 0.3) is 0 Å². The van der Waals surface area contributed by atoms with Gasteiger partial charge < -0.3 is 10.2 Å². The van der Waals surface area contributed by atoms with Gasteiger partial charge in [-0.3, -0.25) is 19.7 Å². The van der Waals surface area contributed by atoms with Gasteiger partial charge in [-0.25, -0.2) is 4.39 Å². The first-order valence-electron chi connectivity index (χ1n) is 11.5. The van der Waals surface area contributed by atoms with Crippen molar-refractivity contribution in [1.82, 2.24) is 10.2 Å². The number of carbonyl (C=O) groups is 2. The lowest BCUT2D eigenvalue weighted by molar-refractivity contribution is -0.384. The summed E-state index contributed by atoms with van der Waals surface area (Å²) < 4.78 is 13.3. The third-order valence-corrected chi connectivity index (χ3v) is 7.01. The van der Waals surface area contributed by atoms with Crippen LogP contribution in [0.1, 0.15) is 50.2 Å². The number of nitrogens with one attached hydrogen (secondary N) is 1. The maximum Gasteiger partial charge on any atom is 0.269 e. The number of thioether (sulfide) groups is 1. The number of nitrogens with zero attached hydrogens (tertiary/aromatic N) is 2. The second-order valence-electron chi connectivity index (χ2n) is 8.58. The van der Waals surface area contributed by atoms with Gasteiger partial charge in [0.15, 0.2) is 0 Å². The topological polar surface area (TPSA) is 92.6 Å². The van der Waals surface area contributed by atoms with E-state index in [0.717, 1.165) is 36.8 Å². The lowest BCUT2D eigenvalue weighted by atomic mass is 9.95. The molecule has 34 heavy (non-hydrogen) atoms. The fraction of sp³-hybridized carbons (Fsp3) is 0.440. The number of halogens is 1. The Balaban J connectivity index is 1.63. The maximum absolute atomic E-state index is 13.3. The summed E-state index contributed by atoms with van der Waals surface area (Å²) in [5.41, 5.74) is 1.64. The van der Waals surface area contributed by atoms with Crippen molar-refractivity contribution in [1.29, 1.82) is 0 Å². The van der Waals surface area contributed by atoms with Crippen LogP contribution in [0.5, 0.6) is 0 Å². The minimum atomic E-state index is -0.667. The SMILES string of the molecule is C[C@@H](C(=O)NC1CCCCC1)N(Cc1ccc(F)cc1)C(=O)CSCc1ccc([N+](=O)[O-])cc1. The average Bonchev–Trinajstić information content (AvgIpc) is 2.84. The van der Waals surface area contributed by atoms with Gasteiger partial charge in [-0.2, -0.15) is 0 Å². The number of nitro benzene ring substituents is 1. The standard InChI is InChI=1S/C25H30FN3O4S/c1-18(25(31)27-22-5-3-2-4-6-22)28(15-19-7-11-21(26)12-8-19)24(30)17-34-16-20-9-13-23(14-10-20)29(32)33/h7-14,18,22H,2-6,15-17H2,1H3,(H,27,31)/t18-/m0/s1. The number of amides is 2. The average molecular weight is 488 g/mol. The molecule has 1 aliphatic rings. The summed E-state index contributed by atoms with van der Waals surface area (Å²) in [7, 11) is 0. The number of hydrogen-bond acceptors (Lipinski definition) is 5. The molecule has 0 bridgehead atoms. The van der Waals surface area contributed by atoms with Crippen molar-refractivity contribution in [3.63, 3.8) is 0 Å². The summed E-state index contributed by atoms with van der Waals surface area (Å²) >= 11 is 1.38. The normalized spacial score (nSPS) is 14.9. The van der Waals surface area contributed by atoms with E-state index >= 15 is 0 Å². The molecule has 2 amide bonds. The molecule has 1 aliphatic carbocycles. The predicted octanol–water partition coefficient (Wildman–Crippen LogP) is 4.83. The van der Waals surface area contributed by atoms with Crippen molar-refractivity contribution in [3.05, 3.63) is 75.6 Å². The van der Waals surface area contributed by atoms with E-state index in [2.05, 4.69) is 5.32 Å². The molecule has 2 aromatic rings. The third-order valence-electron chi connectivity index (χ3n) is 6.03. The molecule has 0 radical (unpaired) electrons. The minimum Gasteiger partial charge on any atom is -0.352 e. The molecular weight excluding hydrogens is 457 g/mol. The summed E-state index contributed by atoms with van der Waals surface area (Å²) in [5.74, 6) is -0.0654. The first-order chi connectivity index (χ1) is 16.3. The Morgan fingerprint density at radius 3 is 2.32 bits per heavy atom. The quantitative estimate of drug-likeness (QED) is 0.383. The molecular formula is C25H30FN3O4S. The van der Waals surface area contributed by atoms with Crippen LogP contribution in [0, 0.1) is 15.9 Å². The Labute approximate surface area is 203 Å². The third kappa shape index (κ3) is 7.55. The van der Waals surface area contributed by atoms with Crippen molar-refractivity contribution in [2.45, 2.75) is 63.4 Å². The Hall–Kier alpha value is -2.94. The number of rotatable bonds is 10. The maximum atomic E-state index is 13.3. The lowest BCUT2D eigenvalue weighted by Gasteiger charge is -2.31. The monoisotopic (exact) mass is 487 g/mol. The highest BCUT2D eigenvalue weighted by Crippen LogP contribution is 2.20. The zero-order chi connectivity index (χ0) is 24.5. The largest absolute Gasteiger partial charge is 0.352 e. The summed E-state index contributed by atoms with van der Waals surface area (Å²) in [4.78, 5) is 38.0.